The van der Waals surface area contributed by atoms with E-state index in [9.17, 15) is 14.4 Å². The van der Waals surface area contributed by atoms with Crippen molar-refractivity contribution >= 4 is 17.7 Å². The van der Waals surface area contributed by atoms with Crippen LogP contribution in [0.15, 0.2) is 0 Å². The van der Waals surface area contributed by atoms with Gasteiger partial charge in [-0.15, -0.1) is 0 Å². The lowest BCUT2D eigenvalue weighted by Crippen LogP contribution is -2.51. The lowest BCUT2D eigenvalue weighted by atomic mass is 9.86. The largest absolute Gasteiger partial charge is 0.356 e. The zero-order valence-electron chi connectivity index (χ0n) is 14.9. The van der Waals surface area contributed by atoms with E-state index in [0.717, 1.165) is 12.3 Å². The Morgan fingerprint density at radius 1 is 0.875 bits per heavy atom. The zero-order valence-corrected chi connectivity index (χ0v) is 14.9. The summed E-state index contributed by atoms with van der Waals surface area (Å²) in [7, 11) is 0. The van der Waals surface area contributed by atoms with Gasteiger partial charge in [-0.25, -0.2) is 0 Å². The van der Waals surface area contributed by atoms with Crippen LogP contribution in [-0.2, 0) is 14.4 Å². The van der Waals surface area contributed by atoms with Crippen molar-refractivity contribution in [2.75, 3.05) is 32.7 Å². The molecule has 2 rings (SSSR count). The Labute approximate surface area is 144 Å². The summed E-state index contributed by atoms with van der Waals surface area (Å²) in [6, 6.07) is 0. The van der Waals surface area contributed by atoms with Gasteiger partial charge in [-0.2, -0.15) is 0 Å². The smallest absolute Gasteiger partial charge is 0.224 e. The molecular formula is C18H31N3O3. The summed E-state index contributed by atoms with van der Waals surface area (Å²) >= 11 is 0. The Morgan fingerprint density at radius 3 is 1.96 bits per heavy atom. The number of hydrogen-bond acceptors (Lipinski definition) is 3. The first-order chi connectivity index (χ1) is 11.6. The van der Waals surface area contributed by atoms with Gasteiger partial charge in [0.1, 0.15) is 0 Å². The average molecular weight is 337 g/mol. The summed E-state index contributed by atoms with van der Waals surface area (Å²) in [5, 5.41) is 2.64. The first-order valence-electron chi connectivity index (χ1n) is 9.36. The molecule has 24 heavy (non-hydrogen) atoms. The Kier molecular flexibility index (Phi) is 7.53. The summed E-state index contributed by atoms with van der Waals surface area (Å²) in [6.07, 6.45) is 8.55. The van der Waals surface area contributed by atoms with Crippen molar-refractivity contribution in [1.29, 1.82) is 0 Å². The molecule has 1 saturated carbocycles. The van der Waals surface area contributed by atoms with Crippen molar-refractivity contribution in [2.45, 2.75) is 58.3 Å². The SMILES string of the molecule is CC(=O)NCCC(=O)N1CCN(C(=O)CCC2CCCCC2)CC1. The quantitative estimate of drug-likeness (QED) is 0.799. The maximum absolute atomic E-state index is 12.3. The number of hydrogen-bond donors (Lipinski definition) is 1. The minimum atomic E-state index is -0.115. The van der Waals surface area contributed by atoms with E-state index in [0.29, 0.717) is 45.6 Å². The van der Waals surface area contributed by atoms with Gasteiger partial charge in [-0.05, 0) is 12.3 Å². The summed E-state index contributed by atoms with van der Waals surface area (Å²) in [5.41, 5.74) is 0. The van der Waals surface area contributed by atoms with Crippen LogP contribution in [-0.4, -0.2) is 60.2 Å². The van der Waals surface area contributed by atoms with Crippen LogP contribution in [0.5, 0.6) is 0 Å². The number of nitrogens with one attached hydrogen (secondary N) is 1. The summed E-state index contributed by atoms with van der Waals surface area (Å²) < 4.78 is 0. The number of carbonyl (C=O) groups is 3. The number of piperazine rings is 1. The van der Waals surface area contributed by atoms with Crippen molar-refractivity contribution < 1.29 is 14.4 Å². The van der Waals surface area contributed by atoms with Crippen LogP contribution in [0.4, 0.5) is 0 Å². The molecule has 0 aromatic carbocycles. The van der Waals surface area contributed by atoms with Gasteiger partial charge in [-0.3, -0.25) is 14.4 Å². The molecule has 0 aromatic rings. The lowest BCUT2D eigenvalue weighted by Gasteiger charge is -2.35. The Hall–Kier alpha value is -1.59. The molecular weight excluding hydrogens is 306 g/mol. The molecule has 1 saturated heterocycles. The van der Waals surface area contributed by atoms with Crippen LogP contribution in [0, 0.1) is 5.92 Å². The van der Waals surface area contributed by atoms with E-state index in [1.807, 2.05) is 4.90 Å². The Bertz CT molecular complexity index is 439. The molecule has 2 aliphatic rings. The van der Waals surface area contributed by atoms with Crippen LogP contribution < -0.4 is 5.32 Å². The molecule has 1 heterocycles. The number of carbonyl (C=O) groups excluding carboxylic acids is 3. The molecule has 6 nitrogen and oxygen atoms in total. The molecule has 0 radical (unpaired) electrons. The van der Waals surface area contributed by atoms with Crippen LogP contribution >= 0.6 is 0 Å². The van der Waals surface area contributed by atoms with E-state index in [2.05, 4.69) is 5.32 Å². The maximum Gasteiger partial charge on any atom is 0.224 e. The van der Waals surface area contributed by atoms with E-state index in [4.69, 9.17) is 0 Å². The van der Waals surface area contributed by atoms with Gasteiger partial charge in [0.25, 0.3) is 0 Å². The van der Waals surface area contributed by atoms with Crippen LogP contribution in [0.25, 0.3) is 0 Å². The lowest BCUT2D eigenvalue weighted by molar-refractivity contribution is -0.139. The number of nitrogens with zero attached hydrogens (tertiary/aromatic N) is 2. The van der Waals surface area contributed by atoms with Gasteiger partial charge in [-0.1, -0.05) is 32.1 Å². The molecule has 0 atom stereocenters. The summed E-state index contributed by atoms with van der Waals surface area (Å²) in [5.74, 6) is 0.916. The highest BCUT2D eigenvalue weighted by Crippen LogP contribution is 2.27. The second kappa shape index (κ2) is 9.64. The highest BCUT2D eigenvalue weighted by molar-refractivity contribution is 5.79. The number of amides is 3. The highest BCUT2D eigenvalue weighted by atomic mass is 16.2. The molecule has 136 valence electrons. The third kappa shape index (κ3) is 6.13. The normalized spacial score (nSPS) is 19.2. The molecule has 0 unspecified atom stereocenters. The van der Waals surface area contributed by atoms with E-state index >= 15 is 0 Å². The molecule has 1 aliphatic carbocycles. The molecule has 0 spiro atoms. The van der Waals surface area contributed by atoms with Crippen LogP contribution in [0.3, 0.4) is 0 Å². The zero-order chi connectivity index (χ0) is 17.4. The number of rotatable bonds is 6. The first kappa shape index (κ1) is 18.7. The van der Waals surface area contributed by atoms with Gasteiger partial charge >= 0.3 is 0 Å². The maximum atomic E-state index is 12.3. The van der Waals surface area contributed by atoms with Gasteiger partial charge in [0.15, 0.2) is 0 Å². The van der Waals surface area contributed by atoms with E-state index in [1.54, 1.807) is 4.90 Å². The van der Waals surface area contributed by atoms with E-state index in [1.165, 1.54) is 39.0 Å². The summed E-state index contributed by atoms with van der Waals surface area (Å²) in [4.78, 5) is 38.9. The topological polar surface area (TPSA) is 69.7 Å². The van der Waals surface area contributed by atoms with Crippen molar-refractivity contribution in [1.82, 2.24) is 15.1 Å². The van der Waals surface area contributed by atoms with Crippen LogP contribution in [0.2, 0.25) is 0 Å². The Balaban J connectivity index is 1.63. The highest BCUT2D eigenvalue weighted by Gasteiger charge is 2.24. The second-order valence-corrected chi connectivity index (χ2v) is 7.04. The van der Waals surface area contributed by atoms with E-state index in [-0.39, 0.29) is 17.7 Å². The molecule has 6 heteroatoms. The van der Waals surface area contributed by atoms with Crippen LogP contribution in [0.1, 0.15) is 58.3 Å². The van der Waals surface area contributed by atoms with E-state index < -0.39 is 0 Å². The molecule has 0 bridgehead atoms. The second-order valence-electron chi connectivity index (χ2n) is 7.04. The third-order valence-electron chi connectivity index (χ3n) is 5.19. The van der Waals surface area contributed by atoms with Gasteiger partial charge in [0.05, 0.1) is 0 Å². The minimum Gasteiger partial charge on any atom is -0.356 e. The molecule has 0 aromatic heterocycles. The fraction of sp³-hybridized carbons (Fsp3) is 0.833. The molecule has 2 fully saturated rings. The van der Waals surface area contributed by atoms with Crippen molar-refractivity contribution in [3.8, 4) is 0 Å². The van der Waals surface area contributed by atoms with Crippen molar-refractivity contribution in [3.05, 3.63) is 0 Å². The standard InChI is InChI=1S/C18H31N3O3/c1-15(22)19-10-9-18(24)21-13-11-20(12-14-21)17(23)8-7-16-5-3-2-4-6-16/h16H,2-14H2,1H3,(H,19,22). The van der Waals surface area contributed by atoms with Gasteiger partial charge < -0.3 is 15.1 Å². The molecule has 3 amide bonds. The first-order valence-corrected chi connectivity index (χ1v) is 9.36. The van der Waals surface area contributed by atoms with Crippen molar-refractivity contribution in [3.63, 3.8) is 0 Å². The predicted octanol–water partition coefficient (Wildman–Crippen LogP) is 1.54. The molecule has 1 aliphatic heterocycles. The molecule has 1 N–H and O–H groups in total. The van der Waals surface area contributed by atoms with Crippen molar-refractivity contribution in [2.24, 2.45) is 5.92 Å². The average Bonchev–Trinajstić information content (AvgIpc) is 2.60. The Morgan fingerprint density at radius 2 is 1.42 bits per heavy atom. The fourth-order valence-electron chi connectivity index (χ4n) is 3.67. The van der Waals surface area contributed by atoms with Gasteiger partial charge in [0, 0.05) is 52.5 Å². The third-order valence-corrected chi connectivity index (χ3v) is 5.19. The fourth-order valence-corrected chi connectivity index (χ4v) is 3.67. The van der Waals surface area contributed by atoms with Gasteiger partial charge in [0.2, 0.25) is 17.7 Å². The minimum absolute atomic E-state index is 0.0538. The predicted molar refractivity (Wildman–Crippen MR) is 92.3 cm³/mol. The summed E-state index contributed by atoms with van der Waals surface area (Å²) in [6.45, 7) is 4.31. The monoisotopic (exact) mass is 337 g/mol.